The number of ether oxygens (including phenoxy) is 2. The van der Waals surface area contributed by atoms with Crippen LogP contribution < -0.4 is 0 Å². The van der Waals surface area contributed by atoms with Crippen LogP contribution >= 0.6 is 11.8 Å². The summed E-state index contributed by atoms with van der Waals surface area (Å²) < 4.78 is 10.6. The Kier molecular flexibility index (Phi) is 5.28. The Morgan fingerprint density at radius 2 is 2.21 bits per heavy atom. The van der Waals surface area contributed by atoms with Gasteiger partial charge in [0.05, 0.1) is 19.1 Å². The molecule has 0 spiro atoms. The van der Waals surface area contributed by atoms with E-state index in [4.69, 9.17) is 9.47 Å². The van der Waals surface area contributed by atoms with Gasteiger partial charge in [0.25, 0.3) is 0 Å². The Hall–Kier alpha value is -1.00. The molecule has 0 bridgehead atoms. The summed E-state index contributed by atoms with van der Waals surface area (Å²) in [4.78, 5) is 13.2. The minimum Gasteiger partial charge on any atom is -0.469 e. The number of hydrogen-bond acceptors (Lipinski definition) is 4. The minimum absolute atomic E-state index is 0.174. The fraction of sp³-hybridized carbons (Fsp3) is 0.533. The largest absolute Gasteiger partial charge is 0.469 e. The highest BCUT2D eigenvalue weighted by molar-refractivity contribution is 7.98. The Morgan fingerprint density at radius 3 is 2.74 bits per heavy atom. The summed E-state index contributed by atoms with van der Waals surface area (Å²) in [6.45, 7) is 0.809. The summed E-state index contributed by atoms with van der Waals surface area (Å²) >= 11 is 1.70. The zero-order valence-electron chi connectivity index (χ0n) is 11.4. The number of carbonyl (C=O) groups excluding carboxylic acids is 1. The first kappa shape index (κ1) is 14.4. The fourth-order valence-electron chi connectivity index (χ4n) is 2.44. The summed E-state index contributed by atoms with van der Waals surface area (Å²) in [7, 11) is 1.45. The summed E-state index contributed by atoms with van der Waals surface area (Å²) in [6.07, 6.45) is 5.06. The van der Waals surface area contributed by atoms with Gasteiger partial charge in [0.2, 0.25) is 0 Å². The highest BCUT2D eigenvalue weighted by Gasteiger charge is 2.27. The van der Waals surface area contributed by atoms with Gasteiger partial charge in [-0.25, -0.2) is 0 Å². The monoisotopic (exact) mass is 280 g/mol. The topological polar surface area (TPSA) is 35.5 Å². The number of hydrogen-bond donors (Lipinski definition) is 0. The first-order valence-electron chi connectivity index (χ1n) is 6.58. The zero-order chi connectivity index (χ0) is 13.7. The van der Waals surface area contributed by atoms with Crippen molar-refractivity contribution in [3.8, 4) is 0 Å². The molecule has 0 saturated carbocycles. The van der Waals surface area contributed by atoms with Gasteiger partial charge in [0, 0.05) is 11.5 Å². The van der Waals surface area contributed by atoms with Crippen LogP contribution in [-0.2, 0) is 14.3 Å². The molecule has 2 atom stereocenters. The molecular weight excluding hydrogens is 260 g/mol. The van der Waals surface area contributed by atoms with Crippen LogP contribution in [0.4, 0.5) is 0 Å². The molecule has 19 heavy (non-hydrogen) atoms. The van der Waals surface area contributed by atoms with E-state index in [1.807, 2.05) is 30.5 Å². The van der Waals surface area contributed by atoms with Gasteiger partial charge in [-0.05, 0) is 43.2 Å². The Labute approximate surface area is 118 Å². The van der Waals surface area contributed by atoms with Gasteiger partial charge in [-0.15, -0.1) is 11.8 Å². The molecule has 2 unspecified atom stereocenters. The van der Waals surface area contributed by atoms with E-state index >= 15 is 0 Å². The maximum atomic E-state index is 12.0. The van der Waals surface area contributed by atoms with E-state index in [1.54, 1.807) is 11.8 Å². The highest BCUT2D eigenvalue weighted by Crippen LogP contribution is 2.29. The predicted molar refractivity (Wildman–Crippen MR) is 76.6 cm³/mol. The predicted octanol–water partition coefficient (Wildman–Crippen LogP) is 3.23. The van der Waals surface area contributed by atoms with Crippen molar-refractivity contribution >= 4 is 17.7 Å². The second kappa shape index (κ2) is 6.96. The van der Waals surface area contributed by atoms with E-state index in [1.165, 1.54) is 12.0 Å². The quantitative estimate of drug-likeness (QED) is 0.613. The smallest absolute Gasteiger partial charge is 0.313 e. The number of rotatable bonds is 5. The molecule has 3 nitrogen and oxygen atoms in total. The van der Waals surface area contributed by atoms with Crippen LogP contribution in [0, 0.1) is 0 Å². The van der Waals surface area contributed by atoms with Crippen molar-refractivity contribution in [1.82, 2.24) is 0 Å². The second-order valence-electron chi connectivity index (χ2n) is 4.72. The van der Waals surface area contributed by atoms with Crippen molar-refractivity contribution < 1.29 is 14.3 Å². The summed E-state index contributed by atoms with van der Waals surface area (Å²) in [5.74, 6) is -0.392. The van der Waals surface area contributed by atoms with E-state index in [0.717, 1.165) is 25.0 Å². The fourth-order valence-corrected chi connectivity index (χ4v) is 2.85. The first-order valence-corrected chi connectivity index (χ1v) is 7.80. The molecule has 1 fully saturated rings. The zero-order valence-corrected chi connectivity index (χ0v) is 12.2. The summed E-state index contributed by atoms with van der Waals surface area (Å²) in [5, 5.41) is 0. The standard InChI is InChI=1S/C15H20O3S/c1-17-15(16)14(10-12-4-3-9-18-12)11-5-7-13(19-2)8-6-11/h5-8,12,14H,3-4,9-10H2,1-2H3. The van der Waals surface area contributed by atoms with E-state index in [-0.39, 0.29) is 18.0 Å². The van der Waals surface area contributed by atoms with Crippen molar-refractivity contribution in [3.05, 3.63) is 29.8 Å². The first-order chi connectivity index (χ1) is 9.24. The Bertz CT molecular complexity index is 410. The maximum absolute atomic E-state index is 12.0. The average molecular weight is 280 g/mol. The maximum Gasteiger partial charge on any atom is 0.313 e. The highest BCUT2D eigenvalue weighted by atomic mass is 32.2. The molecular formula is C15H20O3S. The van der Waals surface area contributed by atoms with Crippen molar-refractivity contribution in [2.24, 2.45) is 0 Å². The van der Waals surface area contributed by atoms with Crippen LogP contribution in [-0.4, -0.2) is 32.0 Å². The van der Waals surface area contributed by atoms with Gasteiger partial charge in [-0.1, -0.05) is 12.1 Å². The third kappa shape index (κ3) is 3.74. The molecule has 1 aliphatic rings. The second-order valence-corrected chi connectivity index (χ2v) is 5.60. The summed E-state index contributed by atoms with van der Waals surface area (Å²) in [5.41, 5.74) is 1.01. The van der Waals surface area contributed by atoms with E-state index < -0.39 is 0 Å². The minimum atomic E-state index is -0.219. The van der Waals surface area contributed by atoms with Gasteiger partial charge in [0.1, 0.15) is 0 Å². The number of esters is 1. The molecule has 2 rings (SSSR count). The van der Waals surface area contributed by atoms with Crippen LogP contribution in [0.1, 0.15) is 30.7 Å². The van der Waals surface area contributed by atoms with Gasteiger partial charge >= 0.3 is 5.97 Å². The molecule has 1 saturated heterocycles. The molecule has 0 N–H and O–H groups in total. The lowest BCUT2D eigenvalue weighted by Crippen LogP contribution is -2.20. The van der Waals surface area contributed by atoms with E-state index in [0.29, 0.717) is 6.42 Å². The van der Waals surface area contributed by atoms with Crippen molar-refractivity contribution in [3.63, 3.8) is 0 Å². The normalized spacial score (nSPS) is 20.2. The molecule has 4 heteroatoms. The van der Waals surface area contributed by atoms with Gasteiger partial charge in [-0.3, -0.25) is 4.79 Å². The number of methoxy groups -OCH3 is 1. The molecule has 1 aliphatic heterocycles. The van der Waals surface area contributed by atoms with Crippen LogP contribution in [0.3, 0.4) is 0 Å². The molecule has 0 radical (unpaired) electrons. The third-order valence-electron chi connectivity index (χ3n) is 3.53. The lowest BCUT2D eigenvalue weighted by Gasteiger charge is -2.18. The van der Waals surface area contributed by atoms with Crippen LogP contribution in [0.15, 0.2) is 29.2 Å². The number of benzene rings is 1. The van der Waals surface area contributed by atoms with Crippen LogP contribution in [0.5, 0.6) is 0 Å². The molecule has 0 aliphatic carbocycles. The third-order valence-corrected chi connectivity index (χ3v) is 4.27. The van der Waals surface area contributed by atoms with Gasteiger partial charge in [0.15, 0.2) is 0 Å². The van der Waals surface area contributed by atoms with Gasteiger partial charge < -0.3 is 9.47 Å². The average Bonchev–Trinajstić information content (AvgIpc) is 2.97. The molecule has 1 aromatic rings. The van der Waals surface area contributed by atoms with Crippen molar-refractivity contribution in [2.45, 2.75) is 36.2 Å². The van der Waals surface area contributed by atoms with Crippen molar-refractivity contribution in [2.75, 3.05) is 20.0 Å². The molecule has 1 aromatic carbocycles. The Morgan fingerprint density at radius 1 is 1.47 bits per heavy atom. The van der Waals surface area contributed by atoms with Crippen LogP contribution in [0.25, 0.3) is 0 Å². The molecule has 104 valence electrons. The Balaban J connectivity index is 2.12. The lowest BCUT2D eigenvalue weighted by molar-refractivity contribution is -0.143. The lowest BCUT2D eigenvalue weighted by atomic mass is 9.92. The van der Waals surface area contributed by atoms with Gasteiger partial charge in [-0.2, -0.15) is 0 Å². The van der Waals surface area contributed by atoms with Crippen LogP contribution in [0.2, 0.25) is 0 Å². The number of thioether (sulfide) groups is 1. The number of carbonyl (C=O) groups is 1. The van der Waals surface area contributed by atoms with Crippen molar-refractivity contribution in [1.29, 1.82) is 0 Å². The molecule has 1 heterocycles. The van der Waals surface area contributed by atoms with E-state index in [9.17, 15) is 4.79 Å². The van der Waals surface area contributed by atoms with E-state index in [2.05, 4.69) is 0 Å². The molecule has 0 aromatic heterocycles. The summed E-state index contributed by atoms with van der Waals surface area (Å²) in [6, 6.07) is 8.13. The molecule has 0 amide bonds. The SMILES string of the molecule is COC(=O)C(CC1CCCO1)c1ccc(SC)cc1.